The van der Waals surface area contributed by atoms with Crippen LogP contribution < -0.4 is 10.1 Å². The van der Waals surface area contributed by atoms with Gasteiger partial charge in [0.2, 0.25) is 0 Å². The third-order valence-electron chi connectivity index (χ3n) is 3.20. The molecule has 1 aliphatic heterocycles. The van der Waals surface area contributed by atoms with Crippen LogP contribution in [0.5, 0.6) is 5.75 Å². The van der Waals surface area contributed by atoms with Crippen molar-refractivity contribution in [2.45, 2.75) is 19.4 Å². The highest BCUT2D eigenvalue weighted by molar-refractivity contribution is 5.29. The molecular weight excluding hydrogens is 212 g/mol. The molecule has 1 aliphatic rings. The van der Waals surface area contributed by atoms with Gasteiger partial charge in [-0.05, 0) is 51.2 Å². The minimum absolute atomic E-state index is 0.443. The second-order valence-corrected chi connectivity index (χ2v) is 4.62. The number of hydrogen-bond acceptors (Lipinski definition) is 3. The molecule has 1 N–H and O–H groups in total. The van der Waals surface area contributed by atoms with Gasteiger partial charge in [0, 0.05) is 12.6 Å². The Morgan fingerprint density at radius 3 is 2.82 bits per heavy atom. The highest BCUT2D eigenvalue weighted by Crippen LogP contribution is 2.19. The van der Waals surface area contributed by atoms with Crippen molar-refractivity contribution in [3.8, 4) is 5.75 Å². The summed E-state index contributed by atoms with van der Waals surface area (Å²) in [6.07, 6.45) is 1.23. The van der Waals surface area contributed by atoms with Crippen molar-refractivity contribution in [1.82, 2.24) is 10.2 Å². The Hall–Kier alpha value is -1.06. The van der Waals surface area contributed by atoms with Crippen molar-refractivity contribution < 1.29 is 4.74 Å². The molecule has 1 aromatic rings. The summed E-state index contributed by atoms with van der Waals surface area (Å²) >= 11 is 0. The van der Waals surface area contributed by atoms with E-state index in [9.17, 15) is 0 Å². The predicted octanol–water partition coefficient (Wildman–Crippen LogP) is 2.05. The minimum Gasteiger partial charge on any atom is -0.494 e. The average molecular weight is 234 g/mol. The van der Waals surface area contributed by atoms with Gasteiger partial charge < -0.3 is 15.0 Å². The normalized spacial score (nSPS) is 22.1. The standard InChI is InChI=1S/C14H22N2O/c1-3-17-13-7-5-12(6-8-13)14-11-16(2)10-4-9-15-14/h5-8,14-15H,3-4,9-11H2,1-2H3. The number of benzene rings is 1. The molecule has 0 saturated carbocycles. The number of likely N-dealkylation sites (N-methyl/N-ethyl adjacent to an activating group) is 1. The van der Waals surface area contributed by atoms with E-state index in [1.807, 2.05) is 6.92 Å². The molecule has 1 fully saturated rings. The summed E-state index contributed by atoms with van der Waals surface area (Å²) in [4.78, 5) is 2.39. The summed E-state index contributed by atoms with van der Waals surface area (Å²) < 4.78 is 5.46. The zero-order valence-corrected chi connectivity index (χ0v) is 10.8. The van der Waals surface area contributed by atoms with Crippen molar-refractivity contribution in [2.24, 2.45) is 0 Å². The maximum absolute atomic E-state index is 5.46. The van der Waals surface area contributed by atoms with Crippen LogP contribution in [0.4, 0.5) is 0 Å². The molecule has 1 unspecified atom stereocenters. The van der Waals surface area contributed by atoms with E-state index in [2.05, 4.69) is 41.5 Å². The summed E-state index contributed by atoms with van der Waals surface area (Å²) in [6, 6.07) is 8.90. The largest absolute Gasteiger partial charge is 0.494 e. The predicted molar refractivity (Wildman–Crippen MR) is 70.5 cm³/mol. The molecule has 0 aromatic heterocycles. The van der Waals surface area contributed by atoms with Crippen LogP contribution in [0.1, 0.15) is 24.9 Å². The Kier molecular flexibility index (Phi) is 4.40. The summed E-state index contributed by atoms with van der Waals surface area (Å²) in [5.74, 6) is 0.957. The lowest BCUT2D eigenvalue weighted by Crippen LogP contribution is -2.28. The first-order valence-corrected chi connectivity index (χ1v) is 6.44. The topological polar surface area (TPSA) is 24.5 Å². The van der Waals surface area contributed by atoms with Gasteiger partial charge in [0.25, 0.3) is 0 Å². The van der Waals surface area contributed by atoms with Crippen LogP contribution >= 0.6 is 0 Å². The van der Waals surface area contributed by atoms with Crippen molar-refractivity contribution in [3.05, 3.63) is 29.8 Å². The van der Waals surface area contributed by atoms with Gasteiger partial charge in [0.1, 0.15) is 5.75 Å². The molecule has 94 valence electrons. The van der Waals surface area contributed by atoms with Gasteiger partial charge in [-0.1, -0.05) is 12.1 Å². The van der Waals surface area contributed by atoms with Crippen LogP contribution in [0.25, 0.3) is 0 Å². The molecule has 3 nitrogen and oxygen atoms in total. The molecule has 1 aromatic carbocycles. The maximum Gasteiger partial charge on any atom is 0.119 e. The number of nitrogens with one attached hydrogen (secondary N) is 1. The summed E-state index contributed by atoms with van der Waals surface area (Å²) in [5.41, 5.74) is 1.35. The zero-order valence-electron chi connectivity index (χ0n) is 10.8. The fourth-order valence-electron chi connectivity index (χ4n) is 2.28. The zero-order chi connectivity index (χ0) is 12.1. The molecule has 1 atom stereocenters. The van der Waals surface area contributed by atoms with Gasteiger partial charge in [-0.25, -0.2) is 0 Å². The third-order valence-corrected chi connectivity index (χ3v) is 3.20. The second-order valence-electron chi connectivity index (χ2n) is 4.62. The number of ether oxygens (including phenoxy) is 1. The van der Waals surface area contributed by atoms with Crippen molar-refractivity contribution in [3.63, 3.8) is 0 Å². The van der Waals surface area contributed by atoms with Gasteiger partial charge >= 0.3 is 0 Å². The molecule has 0 spiro atoms. The first kappa shape index (κ1) is 12.4. The Labute approximate surface area is 104 Å². The van der Waals surface area contributed by atoms with E-state index in [4.69, 9.17) is 4.74 Å². The fraction of sp³-hybridized carbons (Fsp3) is 0.571. The van der Waals surface area contributed by atoms with Crippen molar-refractivity contribution in [1.29, 1.82) is 0 Å². The average Bonchev–Trinajstić information content (AvgIpc) is 2.55. The fourth-order valence-corrected chi connectivity index (χ4v) is 2.28. The van der Waals surface area contributed by atoms with Gasteiger partial charge in [-0.15, -0.1) is 0 Å². The van der Waals surface area contributed by atoms with E-state index in [-0.39, 0.29) is 0 Å². The van der Waals surface area contributed by atoms with E-state index in [1.54, 1.807) is 0 Å². The van der Waals surface area contributed by atoms with Gasteiger partial charge in [-0.3, -0.25) is 0 Å². The monoisotopic (exact) mass is 234 g/mol. The smallest absolute Gasteiger partial charge is 0.119 e. The lowest BCUT2D eigenvalue weighted by atomic mass is 10.1. The Balaban J connectivity index is 2.04. The molecule has 0 radical (unpaired) electrons. The van der Waals surface area contributed by atoms with E-state index in [1.165, 1.54) is 18.5 Å². The molecule has 0 amide bonds. The summed E-state index contributed by atoms with van der Waals surface area (Å²) in [7, 11) is 2.19. The number of nitrogens with zero attached hydrogens (tertiary/aromatic N) is 1. The molecule has 0 bridgehead atoms. The number of rotatable bonds is 3. The first-order valence-electron chi connectivity index (χ1n) is 6.44. The van der Waals surface area contributed by atoms with E-state index < -0.39 is 0 Å². The lowest BCUT2D eigenvalue weighted by Gasteiger charge is -2.21. The van der Waals surface area contributed by atoms with E-state index in [0.717, 1.165) is 25.4 Å². The van der Waals surface area contributed by atoms with Gasteiger partial charge in [-0.2, -0.15) is 0 Å². The first-order chi connectivity index (χ1) is 8.29. The maximum atomic E-state index is 5.46. The van der Waals surface area contributed by atoms with Crippen LogP contribution in [-0.4, -0.2) is 38.2 Å². The van der Waals surface area contributed by atoms with Crippen LogP contribution in [-0.2, 0) is 0 Å². The Morgan fingerprint density at radius 2 is 2.12 bits per heavy atom. The molecule has 17 heavy (non-hydrogen) atoms. The number of hydrogen-bond donors (Lipinski definition) is 1. The molecule has 2 rings (SSSR count). The highest BCUT2D eigenvalue weighted by Gasteiger charge is 2.16. The van der Waals surface area contributed by atoms with Crippen molar-refractivity contribution >= 4 is 0 Å². The SMILES string of the molecule is CCOc1ccc(C2CN(C)CCCN2)cc1. The third kappa shape index (κ3) is 3.45. The summed E-state index contributed by atoms with van der Waals surface area (Å²) in [5, 5.41) is 3.60. The van der Waals surface area contributed by atoms with Crippen LogP contribution in [0.15, 0.2) is 24.3 Å². The van der Waals surface area contributed by atoms with E-state index in [0.29, 0.717) is 6.04 Å². The summed E-state index contributed by atoms with van der Waals surface area (Å²) in [6.45, 7) is 6.09. The highest BCUT2D eigenvalue weighted by atomic mass is 16.5. The quantitative estimate of drug-likeness (QED) is 0.866. The van der Waals surface area contributed by atoms with Crippen LogP contribution in [0.2, 0.25) is 0 Å². The Bertz CT molecular complexity index is 337. The molecule has 3 heteroatoms. The molecule has 1 heterocycles. The minimum atomic E-state index is 0.443. The van der Waals surface area contributed by atoms with Crippen LogP contribution in [0, 0.1) is 0 Å². The van der Waals surface area contributed by atoms with Crippen molar-refractivity contribution in [2.75, 3.05) is 33.3 Å². The molecular formula is C14H22N2O. The van der Waals surface area contributed by atoms with Crippen LogP contribution in [0.3, 0.4) is 0 Å². The second kappa shape index (κ2) is 6.03. The lowest BCUT2D eigenvalue weighted by molar-refractivity contribution is 0.325. The molecule has 0 aliphatic carbocycles. The van der Waals surface area contributed by atoms with Gasteiger partial charge in [0.05, 0.1) is 6.61 Å². The molecule has 1 saturated heterocycles. The van der Waals surface area contributed by atoms with Gasteiger partial charge in [0.15, 0.2) is 0 Å². The van der Waals surface area contributed by atoms with E-state index >= 15 is 0 Å². The Morgan fingerprint density at radius 1 is 1.35 bits per heavy atom.